The number of anilines is 1. The van der Waals surface area contributed by atoms with Crippen LogP contribution in [0.2, 0.25) is 0 Å². The Labute approximate surface area is 120 Å². The minimum Gasteiger partial charge on any atom is -0.456 e. The average molecular weight is 271 g/mol. The third kappa shape index (κ3) is 3.29. The van der Waals surface area contributed by atoms with Crippen LogP contribution in [0.25, 0.3) is 0 Å². The van der Waals surface area contributed by atoms with E-state index in [0.717, 1.165) is 17.9 Å². The second kappa shape index (κ2) is 5.53. The van der Waals surface area contributed by atoms with E-state index in [0.29, 0.717) is 5.76 Å². The quantitative estimate of drug-likeness (QED) is 0.899. The zero-order valence-corrected chi connectivity index (χ0v) is 12.5. The summed E-state index contributed by atoms with van der Waals surface area (Å²) >= 11 is 0. The number of rotatable bonds is 3. The van der Waals surface area contributed by atoms with E-state index in [-0.39, 0.29) is 11.3 Å². The highest BCUT2D eigenvalue weighted by atomic mass is 16.3. The summed E-state index contributed by atoms with van der Waals surface area (Å²) in [5, 5.41) is 2.84. The molecule has 0 saturated carbocycles. The van der Waals surface area contributed by atoms with Crippen LogP contribution in [0.5, 0.6) is 0 Å². The molecule has 0 spiro atoms. The first-order valence-electron chi connectivity index (χ1n) is 6.91. The fourth-order valence-corrected chi connectivity index (χ4v) is 1.94. The smallest absolute Gasteiger partial charge is 0.291 e. The van der Waals surface area contributed by atoms with Crippen LogP contribution in [0.15, 0.2) is 40.8 Å². The largest absolute Gasteiger partial charge is 0.456 e. The molecule has 3 heteroatoms. The first-order chi connectivity index (χ1) is 9.40. The first kappa shape index (κ1) is 14.4. The van der Waals surface area contributed by atoms with Crippen molar-refractivity contribution in [3.05, 3.63) is 53.5 Å². The van der Waals surface area contributed by atoms with Gasteiger partial charge in [0.25, 0.3) is 5.91 Å². The average Bonchev–Trinajstić information content (AvgIpc) is 2.87. The third-order valence-electron chi connectivity index (χ3n) is 3.24. The van der Waals surface area contributed by atoms with Gasteiger partial charge in [0.1, 0.15) is 5.76 Å². The molecule has 0 aliphatic carbocycles. The fourth-order valence-electron chi connectivity index (χ4n) is 1.94. The molecule has 1 heterocycles. The predicted octanol–water partition coefficient (Wildman–Crippen LogP) is 4.39. The van der Waals surface area contributed by atoms with Gasteiger partial charge < -0.3 is 9.73 Å². The molecule has 106 valence electrons. The summed E-state index contributed by atoms with van der Waals surface area (Å²) in [5.41, 5.74) is 2.12. The van der Waals surface area contributed by atoms with Crippen molar-refractivity contribution in [1.29, 1.82) is 0 Å². The third-order valence-corrected chi connectivity index (χ3v) is 3.24. The number of benzene rings is 1. The molecular formula is C17H21NO2. The number of nitrogens with one attached hydrogen (secondary N) is 1. The Kier molecular flexibility index (Phi) is 3.98. The van der Waals surface area contributed by atoms with Gasteiger partial charge in [0.15, 0.2) is 5.76 Å². The van der Waals surface area contributed by atoms with Crippen molar-refractivity contribution in [2.75, 3.05) is 5.32 Å². The predicted molar refractivity (Wildman–Crippen MR) is 81.2 cm³/mol. The first-order valence-corrected chi connectivity index (χ1v) is 6.91. The van der Waals surface area contributed by atoms with Gasteiger partial charge in [0.05, 0.1) is 0 Å². The summed E-state index contributed by atoms with van der Waals surface area (Å²) in [5.74, 6) is 0.952. The standard InChI is InChI=1S/C17H21NO2/c1-5-14-10-11-15(20-14)16(19)18-13-8-6-12(7-9-13)17(2,3)4/h6-11H,5H2,1-4H3,(H,18,19). The summed E-state index contributed by atoms with van der Waals surface area (Å²) in [6, 6.07) is 11.4. The van der Waals surface area contributed by atoms with Gasteiger partial charge >= 0.3 is 0 Å². The van der Waals surface area contributed by atoms with Gasteiger partial charge in [-0.15, -0.1) is 0 Å². The molecule has 3 nitrogen and oxygen atoms in total. The van der Waals surface area contributed by atoms with Crippen molar-refractivity contribution in [2.45, 2.75) is 39.5 Å². The Morgan fingerprint density at radius 3 is 2.25 bits per heavy atom. The van der Waals surface area contributed by atoms with Crippen molar-refractivity contribution in [2.24, 2.45) is 0 Å². The van der Waals surface area contributed by atoms with E-state index in [4.69, 9.17) is 4.42 Å². The number of amides is 1. The maximum absolute atomic E-state index is 12.0. The van der Waals surface area contributed by atoms with E-state index in [1.54, 1.807) is 6.07 Å². The lowest BCUT2D eigenvalue weighted by Crippen LogP contribution is -2.13. The van der Waals surface area contributed by atoms with E-state index >= 15 is 0 Å². The number of furan rings is 1. The molecule has 0 unspecified atom stereocenters. The molecule has 1 amide bonds. The van der Waals surface area contributed by atoms with Gasteiger partial charge in [0.2, 0.25) is 0 Å². The molecular weight excluding hydrogens is 250 g/mol. The zero-order chi connectivity index (χ0) is 14.8. The van der Waals surface area contributed by atoms with Crippen molar-refractivity contribution >= 4 is 11.6 Å². The molecule has 1 aromatic carbocycles. The van der Waals surface area contributed by atoms with Gasteiger partial charge in [-0.2, -0.15) is 0 Å². The van der Waals surface area contributed by atoms with Crippen molar-refractivity contribution in [1.82, 2.24) is 0 Å². The lowest BCUT2D eigenvalue weighted by atomic mass is 9.87. The Morgan fingerprint density at radius 2 is 1.75 bits per heavy atom. The number of hydrogen-bond acceptors (Lipinski definition) is 2. The molecule has 0 radical (unpaired) electrons. The minimum absolute atomic E-state index is 0.111. The Hall–Kier alpha value is -2.03. The second-order valence-corrected chi connectivity index (χ2v) is 5.90. The molecule has 0 saturated heterocycles. The number of hydrogen-bond donors (Lipinski definition) is 1. The summed E-state index contributed by atoms with van der Waals surface area (Å²) in [4.78, 5) is 12.0. The van der Waals surface area contributed by atoms with Gasteiger partial charge in [-0.3, -0.25) is 4.79 Å². The van der Waals surface area contributed by atoms with Crippen LogP contribution in [0.3, 0.4) is 0 Å². The maximum atomic E-state index is 12.0. The second-order valence-electron chi connectivity index (χ2n) is 5.90. The van der Waals surface area contributed by atoms with Crippen LogP contribution in [-0.4, -0.2) is 5.91 Å². The monoisotopic (exact) mass is 271 g/mol. The van der Waals surface area contributed by atoms with Crippen LogP contribution < -0.4 is 5.32 Å². The molecule has 0 aliphatic rings. The van der Waals surface area contributed by atoms with Gasteiger partial charge in [-0.05, 0) is 35.2 Å². The number of aryl methyl sites for hydroxylation is 1. The Balaban J connectivity index is 2.08. The molecule has 0 bridgehead atoms. The van der Waals surface area contributed by atoms with Crippen LogP contribution in [-0.2, 0) is 11.8 Å². The summed E-state index contributed by atoms with van der Waals surface area (Å²) in [7, 11) is 0. The summed E-state index contributed by atoms with van der Waals surface area (Å²) in [6.07, 6.45) is 0.785. The van der Waals surface area contributed by atoms with E-state index in [1.165, 1.54) is 5.56 Å². The van der Waals surface area contributed by atoms with Crippen LogP contribution in [0, 0.1) is 0 Å². The van der Waals surface area contributed by atoms with E-state index in [1.807, 2.05) is 37.3 Å². The van der Waals surface area contributed by atoms with Gasteiger partial charge in [0, 0.05) is 12.1 Å². The maximum Gasteiger partial charge on any atom is 0.291 e. The van der Waals surface area contributed by atoms with Crippen LogP contribution in [0.1, 0.15) is 49.6 Å². The van der Waals surface area contributed by atoms with Crippen LogP contribution >= 0.6 is 0 Å². The van der Waals surface area contributed by atoms with Gasteiger partial charge in [-0.25, -0.2) is 0 Å². The fraction of sp³-hybridized carbons (Fsp3) is 0.353. The number of carbonyl (C=O) groups excluding carboxylic acids is 1. The minimum atomic E-state index is -0.215. The highest BCUT2D eigenvalue weighted by Gasteiger charge is 2.14. The van der Waals surface area contributed by atoms with Gasteiger partial charge in [-0.1, -0.05) is 39.8 Å². The van der Waals surface area contributed by atoms with Crippen molar-refractivity contribution in [3.8, 4) is 0 Å². The summed E-state index contributed by atoms with van der Waals surface area (Å²) < 4.78 is 5.43. The summed E-state index contributed by atoms with van der Waals surface area (Å²) in [6.45, 7) is 8.48. The molecule has 0 aliphatic heterocycles. The van der Waals surface area contributed by atoms with Crippen LogP contribution in [0.4, 0.5) is 5.69 Å². The Morgan fingerprint density at radius 1 is 1.10 bits per heavy atom. The van der Waals surface area contributed by atoms with E-state index < -0.39 is 0 Å². The molecule has 1 aromatic heterocycles. The van der Waals surface area contributed by atoms with E-state index in [2.05, 4.69) is 26.1 Å². The molecule has 0 fully saturated rings. The number of carbonyl (C=O) groups is 1. The SMILES string of the molecule is CCc1ccc(C(=O)Nc2ccc(C(C)(C)C)cc2)o1. The molecule has 1 N–H and O–H groups in total. The molecule has 2 rings (SSSR count). The molecule has 0 atom stereocenters. The van der Waals surface area contributed by atoms with E-state index in [9.17, 15) is 4.79 Å². The van der Waals surface area contributed by atoms with Crippen molar-refractivity contribution in [3.63, 3.8) is 0 Å². The normalized spacial score (nSPS) is 11.4. The lowest BCUT2D eigenvalue weighted by Gasteiger charge is -2.19. The highest BCUT2D eigenvalue weighted by Crippen LogP contribution is 2.23. The van der Waals surface area contributed by atoms with Crippen molar-refractivity contribution < 1.29 is 9.21 Å². The Bertz CT molecular complexity index is 588. The lowest BCUT2D eigenvalue weighted by molar-refractivity contribution is 0.0995. The molecule has 2 aromatic rings. The zero-order valence-electron chi connectivity index (χ0n) is 12.5. The molecule has 20 heavy (non-hydrogen) atoms. The topological polar surface area (TPSA) is 42.2 Å². The highest BCUT2D eigenvalue weighted by molar-refractivity contribution is 6.02.